The summed E-state index contributed by atoms with van der Waals surface area (Å²) in [6, 6.07) is 8.39. The summed E-state index contributed by atoms with van der Waals surface area (Å²) in [5.74, 6) is 3.39. The van der Waals surface area contributed by atoms with Crippen LogP contribution in [0.15, 0.2) is 42.9 Å². The third-order valence-electron chi connectivity index (χ3n) is 8.67. The van der Waals surface area contributed by atoms with Crippen LogP contribution in [0, 0.1) is 0 Å². The fourth-order valence-corrected chi connectivity index (χ4v) is 6.35. The molecule has 4 heterocycles. The SMILES string of the molecule is CCCCCCCCCCCc1nccn1Cc1cc(OC)c(O)c2c[n+]3c(cc12)-c1cc2c(cc1CC3)OCO2. The molecule has 2 aliphatic rings. The Labute approximate surface area is 242 Å². The van der Waals surface area contributed by atoms with E-state index in [1.807, 2.05) is 12.3 Å². The number of aromatic nitrogens is 3. The minimum atomic E-state index is 0.179. The fourth-order valence-electron chi connectivity index (χ4n) is 6.35. The fraction of sp³-hybridized carbons (Fsp3) is 0.471. The zero-order chi connectivity index (χ0) is 28.2. The van der Waals surface area contributed by atoms with Crippen LogP contribution < -0.4 is 18.8 Å². The normalized spacial score (nSPS) is 13.4. The van der Waals surface area contributed by atoms with Crippen LogP contribution in [0.4, 0.5) is 0 Å². The molecular formula is C34H42N3O4+. The summed E-state index contributed by atoms with van der Waals surface area (Å²) in [4.78, 5) is 4.71. The maximum Gasteiger partial charge on any atom is 0.231 e. The Balaban J connectivity index is 1.24. The molecule has 0 saturated carbocycles. The minimum Gasteiger partial charge on any atom is -0.504 e. The van der Waals surface area contributed by atoms with E-state index >= 15 is 0 Å². The second kappa shape index (κ2) is 12.4. The molecule has 41 heavy (non-hydrogen) atoms. The van der Waals surface area contributed by atoms with Crippen LogP contribution in [0.1, 0.15) is 81.7 Å². The minimum absolute atomic E-state index is 0.179. The van der Waals surface area contributed by atoms with Gasteiger partial charge in [0.05, 0.1) is 18.1 Å². The lowest BCUT2D eigenvalue weighted by Gasteiger charge is -2.18. The Kier molecular flexibility index (Phi) is 8.31. The highest BCUT2D eigenvalue weighted by Crippen LogP contribution is 2.42. The van der Waals surface area contributed by atoms with Crippen molar-refractivity contribution in [2.24, 2.45) is 0 Å². The van der Waals surface area contributed by atoms with E-state index in [2.05, 4.69) is 46.7 Å². The van der Waals surface area contributed by atoms with Crippen molar-refractivity contribution in [1.82, 2.24) is 9.55 Å². The van der Waals surface area contributed by atoms with Gasteiger partial charge in [-0.15, -0.1) is 0 Å². The van der Waals surface area contributed by atoms with Gasteiger partial charge in [-0.3, -0.25) is 0 Å². The Hall–Kier alpha value is -3.74. The van der Waals surface area contributed by atoms with Gasteiger partial charge in [-0.1, -0.05) is 58.3 Å². The molecule has 0 unspecified atom stereocenters. The number of hydrogen-bond donors (Lipinski definition) is 1. The maximum absolute atomic E-state index is 11.1. The number of rotatable bonds is 13. The van der Waals surface area contributed by atoms with E-state index in [1.54, 1.807) is 7.11 Å². The number of nitrogens with zero attached hydrogens (tertiary/aromatic N) is 3. The monoisotopic (exact) mass is 556 g/mol. The summed E-state index contributed by atoms with van der Waals surface area (Å²) in [7, 11) is 1.61. The third kappa shape index (κ3) is 5.72. The number of unbranched alkanes of at least 4 members (excludes halogenated alkanes) is 8. The Morgan fingerprint density at radius 2 is 1.71 bits per heavy atom. The van der Waals surface area contributed by atoms with Crippen LogP contribution in [0.25, 0.3) is 22.0 Å². The summed E-state index contributed by atoms with van der Waals surface area (Å²) in [6.07, 6.45) is 19.7. The van der Waals surface area contributed by atoms with Gasteiger partial charge in [0.25, 0.3) is 0 Å². The number of hydrogen-bond acceptors (Lipinski definition) is 5. The Morgan fingerprint density at radius 3 is 2.49 bits per heavy atom. The number of imidazole rings is 1. The number of pyridine rings is 1. The predicted molar refractivity (Wildman–Crippen MR) is 160 cm³/mol. The second-order valence-electron chi connectivity index (χ2n) is 11.4. The van der Waals surface area contributed by atoms with E-state index in [4.69, 9.17) is 19.2 Å². The van der Waals surface area contributed by atoms with Crippen molar-refractivity contribution < 1.29 is 23.9 Å². The van der Waals surface area contributed by atoms with E-state index in [-0.39, 0.29) is 12.5 Å². The zero-order valence-corrected chi connectivity index (χ0v) is 24.5. The zero-order valence-electron chi connectivity index (χ0n) is 24.5. The van der Waals surface area contributed by atoms with Crippen molar-refractivity contribution in [2.75, 3.05) is 13.9 Å². The average molecular weight is 557 g/mol. The first-order valence-electron chi connectivity index (χ1n) is 15.3. The molecule has 0 aliphatic carbocycles. The van der Waals surface area contributed by atoms with Gasteiger partial charge in [-0.05, 0) is 35.7 Å². The molecule has 0 amide bonds. The van der Waals surface area contributed by atoms with Gasteiger partial charge < -0.3 is 23.9 Å². The van der Waals surface area contributed by atoms with E-state index < -0.39 is 0 Å². The van der Waals surface area contributed by atoms with Gasteiger partial charge in [-0.25, -0.2) is 4.98 Å². The first kappa shape index (κ1) is 27.4. The van der Waals surface area contributed by atoms with Crippen LogP contribution in [0.3, 0.4) is 0 Å². The molecule has 2 aromatic heterocycles. The molecule has 0 spiro atoms. The summed E-state index contributed by atoms with van der Waals surface area (Å²) in [6.45, 7) is 4.03. The van der Waals surface area contributed by atoms with E-state index in [0.29, 0.717) is 12.3 Å². The van der Waals surface area contributed by atoms with Gasteiger partial charge in [-0.2, -0.15) is 4.57 Å². The molecule has 7 heteroatoms. The van der Waals surface area contributed by atoms with E-state index in [1.165, 1.54) is 56.9 Å². The van der Waals surface area contributed by atoms with Crippen molar-refractivity contribution in [3.8, 4) is 34.3 Å². The summed E-state index contributed by atoms with van der Waals surface area (Å²) < 4.78 is 21.4. The molecule has 0 saturated heterocycles. The molecule has 2 aliphatic heterocycles. The molecule has 0 fully saturated rings. The van der Waals surface area contributed by atoms with Crippen molar-refractivity contribution in [3.63, 3.8) is 0 Å². The van der Waals surface area contributed by atoms with Crippen LogP contribution in [-0.4, -0.2) is 28.6 Å². The average Bonchev–Trinajstić information content (AvgIpc) is 3.64. The molecular weight excluding hydrogens is 514 g/mol. The molecule has 4 aromatic rings. The molecule has 0 radical (unpaired) electrons. The highest BCUT2D eigenvalue weighted by atomic mass is 16.7. The molecule has 7 nitrogen and oxygen atoms in total. The lowest BCUT2D eigenvalue weighted by atomic mass is 9.94. The van der Waals surface area contributed by atoms with E-state index in [0.717, 1.165) is 70.7 Å². The van der Waals surface area contributed by atoms with Crippen LogP contribution in [0.2, 0.25) is 0 Å². The van der Waals surface area contributed by atoms with Crippen molar-refractivity contribution >= 4 is 10.8 Å². The number of benzene rings is 2. The number of fused-ring (bicyclic) bond motifs is 5. The van der Waals surface area contributed by atoms with Gasteiger partial charge >= 0.3 is 0 Å². The number of ether oxygens (including phenoxy) is 3. The largest absolute Gasteiger partial charge is 0.504 e. The topological polar surface area (TPSA) is 69.6 Å². The Bertz CT molecular complexity index is 1530. The first-order valence-corrected chi connectivity index (χ1v) is 15.3. The van der Waals surface area contributed by atoms with Gasteiger partial charge in [0.2, 0.25) is 12.5 Å². The lowest BCUT2D eigenvalue weighted by molar-refractivity contribution is -0.686. The number of aryl methyl sites for hydroxylation is 3. The Morgan fingerprint density at radius 1 is 0.951 bits per heavy atom. The second-order valence-corrected chi connectivity index (χ2v) is 11.4. The van der Waals surface area contributed by atoms with Crippen LogP contribution in [-0.2, 0) is 25.9 Å². The van der Waals surface area contributed by atoms with Gasteiger partial charge in [0.1, 0.15) is 5.82 Å². The molecule has 0 atom stereocenters. The standard InChI is InChI=1S/C34H41N3O4/c1-3-4-5-6-7-8-9-10-11-12-33-35-14-16-37(33)21-25-18-32(39-2)34(38)28-22-36-15-13-24-17-30-31(41-23-40-30)20-27(24)29(36)19-26(25)28/h14,16-20,22H,3-13,15,21,23H2,1-2H3/p+1. The van der Waals surface area contributed by atoms with Gasteiger partial charge in [0.15, 0.2) is 35.7 Å². The number of aromatic hydroxyl groups is 1. The molecule has 0 bridgehead atoms. The van der Waals surface area contributed by atoms with Crippen molar-refractivity contribution in [2.45, 2.75) is 90.6 Å². The van der Waals surface area contributed by atoms with Crippen LogP contribution >= 0.6 is 0 Å². The highest BCUT2D eigenvalue weighted by molar-refractivity contribution is 5.94. The summed E-state index contributed by atoms with van der Waals surface area (Å²) in [5.41, 5.74) is 4.61. The highest BCUT2D eigenvalue weighted by Gasteiger charge is 2.29. The summed E-state index contributed by atoms with van der Waals surface area (Å²) >= 11 is 0. The predicted octanol–water partition coefficient (Wildman–Crippen LogP) is 7.11. The third-order valence-corrected chi connectivity index (χ3v) is 8.67. The lowest BCUT2D eigenvalue weighted by Crippen LogP contribution is -2.40. The smallest absolute Gasteiger partial charge is 0.231 e. The maximum atomic E-state index is 11.1. The number of phenols is 1. The van der Waals surface area contributed by atoms with Crippen molar-refractivity contribution in [3.05, 3.63) is 59.8 Å². The molecule has 6 rings (SSSR count). The molecule has 1 N–H and O–H groups in total. The van der Waals surface area contributed by atoms with E-state index in [9.17, 15) is 5.11 Å². The summed E-state index contributed by atoms with van der Waals surface area (Å²) in [5, 5.41) is 12.9. The first-order chi connectivity index (χ1) is 20.2. The number of methoxy groups -OCH3 is 1. The van der Waals surface area contributed by atoms with Crippen molar-refractivity contribution in [1.29, 1.82) is 0 Å². The quantitative estimate of drug-likeness (QED) is 0.140. The number of phenolic OH excluding ortho intramolecular Hbond substituents is 1. The molecule has 2 aromatic carbocycles. The molecule has 216 valence electrons. The van der Waals surface area contributed by atoms with Gasteiger partial charge in [0, 0.05) is 43.2 Å². The van der Waals surface area contributed by atoms with Crippen LogP contribution in [0.5, 0.6) is 23.0 Å².